The Bertz CT molecular complexity index is 226. The Kier molecular flexibility index (Phi) is 4.29. The highest BCUT2D eigenvalue weighted by Crippen LogP contribution is 2.08. The van der Waals surface area contributed by atoms with Crippen molar-refractivity contribution < 1.29 is 4.74 Å². The zero-order chi connectivity index (χ0) is 9.52. The second-order valence-corrected chi connectivity index (χ2v) is 3.02. The minimum Gasteiger partial charge on any atom is -0.494 e. The van der Waals surface area contributed by atoms with Crippen molar-refractivity contribution in [3.05, 3.63) is 30.3 Å². The van der Waals surface area contributed by atoms with Crippen LogP contribution >= 0.6 is 0 Å². The van der Waals surface area contributed by atoms with Crippen molar-refractivity contribution in [1.82, 2.24) is 5.43 Å². The third-order valence-electron chi connectivity index (χ3n) is 1.85. The van der Waals surface area contributed by atoms with Crippen LogP contribution in [0.2, 0.25) is 0 Å². The van der Waals surface area contributed by atoms with E-state index in [0.717, 1.165) is 12.2 Å². The van der Waals surface area contributed by atoms with Gasteiger partial charge in [0.1, 0.15) is 5.75 Å². The van der Waals surface area contributed by atoms with Gasteiger partial charge in [0.25, 0.3) is 0 Å². The monoisotopic (exact) mass is 180 g/mol. The molecule has 1 rings (SSSR count). The molecular weight excluding hydrogens is 164 g/mol. The number of hydrogen-bond donors (Lipinski definition) is 2. The summed E-state index contributed by atoms with van der Waals surface area (Å²) in [5.41, 5.74) is 2.67. The second kappa shape index (κ2) is 5.56. The van der Waals surface area contributed by atoms with E-state index in [1.807, 2.05) is 37.3 Å². The van der Waals surface area contributed by atoms with Crippen LogP contribution in [0.5, 0.6) is 5.75 Å². The number of nitrogens with one attached hydrogen (secondary N) is 1. The zero-order valence-electron chi connectivity index (χ0n) is 7.86. The molecule has 1 aromatic carbocycles. The van der Waals surface area contributed by atoms with Gasteiger partial charge in [0, 0.05) is 6.04 Å². The van der Waals surface area contributed by atoms with Crippen molar-refractivity contribution >= 4 is 0 Å². The molecule has 3 heteroatoms. The molecule has 0 aromatic heterocycles. The first-order valence-electron chi connectivity index (χ1n) is 4.47. The summed E-state index contributed by atoms with van der Waals surface area (Å²) in [7, 11) is 0. The van der Waals surface area contributed by atoms with E-state index in [4.69, 9.17) is 10.6 Å². The molecule has 0 aliphatic rings. The number of ether oxygens (including phenoxy) is 1. The molecule has 0 aliphatic carbocycles. The van der Waals surface area contributed by atoms with E-state index in [1.54, 1.807) is 0 Å². The molecule has 0 saturated carbocycles. The van der Waals surface area contributed by atoms with E-state index in [-0.39, 0.29) is 0 Å². The maximum Gasteiger partial charge on any atom is 0.119 e. The lowest BCUT2D eigenvalue weighted by molar-refractivity contribution is 0.291. The molecule has 72 valence electrons. The highest BCUT2D eigenvalue weighted by atomic mass is 16.5. The highest BCUT2D eigenvalue weighted by Gasteiger charge is 1.98. The highest BCUT2D eigenvalue weighted by molar-refractivity contribution is 5.20. The number of rotatable bonds is 5. The van der Waals surface area contributed by atoms with Crippen LogP contribution in [0.1, 0.15) is 13.3 Å². The number of hydrazine groups is 1. The predicted molar refractivity (Wildman–Crippen MR) is 53.3 cm³/mol. The molecule has 0 spiro atoms. The van der Waals surface area contributed by atoms with E-state index in [0.29, 0.717) is 12.6 Å². The van der Waals surface area contributed by atoms with Gasteiger partial charge in [0.15, 0.2) is 0 Å². The SMILES string of the molecule is CC(CCOc1ccccc1)NN. The molecule has 1 atom stereocenters. The van der Waals surface area contributed by atoms with Gasteiger partial charge in [-0.1, -0.05) is 18.2 Å². The summed E-state index contributed by atoms with van der Waals surface area (Å²) in [6, 6.07) is 10.1. The van der Waals surface area contributed by atoms with Gasteiger partial charge < -0.3 is 4.74 Å². The predicted octanol–water partition coefficient (Wildman–Crippen LogP) is 1.31. The molecule has 3 N–H and O–H groups in total. The fourth-order valence-electron chi connectivity index (χ4n) is 0.954. The molecule has 1 unspecified atom stereocenters. The summed E-state index contributed by atoms with van der Waals surface area (Å²) in [5, 5.41) is 0. The molecule has 3 nitrogen and oxygen atoms in total. The van der Waals surface area contributed by atoms with Crippen molar-refractivity contribution in [2.45, 2.75) is 19.4 Å². The van der Waals surface area contributed by atoms with E-state index >= 15 is 0 Å². The molecule has 0 amide bonds. The molecule has 0 radical (unpaired) electrons. The summed E-state index contributed by atoms with van der Waals surface area (Å²) in [5.74, 6) is 6.15. The van der Waals surface area contributed by atoms with Gasteiger partial charge in [0.05, 0.1) is 6.61 Å². The lowest BCUT2D eigenvalue weighted by Crippen LogP contribution is -2.33. The van der Waals surface area contributed by atoms with E-state index in [1.165, 1.54) is 0 Å². The average molecular weight is 180 g/mol. The minimum atomic E-state index is 0.295. The van der Waals surface area contributed by atoms with Crippen LogP contribution < -0.4 is 16.0 Å². The molecule has 0 saturated heterocycles. The van der Waals surface area contributed by atoms with E-state index in [2.05, 4.69) is 5.43 Å². The molecule has 0 aliphatic heterocycles. The topological polar surface area (TPSA) is 47.3 Å². The Morgan fingerprint density at radius 2 is 2.08 bits per heavy atom. The number of hydrogen-bond acceptors (Lipinski definition) is 3. The lowest BCUT2D eigenvalue weighted by Gasteiger charge is -2.10. The molecule has 0 bridgehead atoms. The van der Waals surface area contributed by atoms with Crippen LogP contribution in [0.3, 0.4) is 0 Å². The van der Waals surface area contributed by atoms with Gasteiger partial charge in [-0.05, 0) is 25.5 Å². The fraction of sp³-hybridized carbons (Fsp3) is 0.400. The zero-order valence-corrected chi connectivity index (χ0v) is 7.86. The molecule has 0 heterocycles. The van der Waals surface area contributed by atoms with Gasteiger partial charge in [-0.2, -0.15) is 0 Å². The molecule has 13 heavy (non-hydrogen) atoms. The van der Waals surface area contributed by atoms with Crippen molar-refractivity contribution in [1.29, 1.82) is 0 Å². The van der Waals surface area contributed by atoms with Crippen LogP contribution in [0.15, 0.2) is 30.3 Å². The Balaban J connectivity index is 2.20. The summed E-state index contributed by atoms with van der Waals surface area (Å²) in [6.07, 6.45) is 0.908. The first-order chi connectivity index (χ1) is 6.33. The summed E-state index contributed by atoms with van der Waals surface area (Å²) in [4.78, 5) is 0. The van der Waals surface area contributed by atoms with Crippen molar-refractivity contribution in [3.63, 3.8) is 0 Å². The Morgan fingerprint density at radius 1 is 1.38 bits per heavy atom. The normalized spacial score (nSPS) is 12.5. The second-order valence-electron chi connectivity index (χ2n) is 3.02. The fourth-order valence-corrected chi connectivity index (χ4v) is 0.954. The van der Waals surface area contributed by atoms with Crippen LogP contribution in [-0.2, 0) is 0 Å². The maximum absolute atomic E-state index is 5.48. The first kappa shape index (κ1) is 10.0. The smallest absolute Gasteiger partial charge is 0.119 e. The van der Waals surface area contributed by atoms with Crippen molar-refractivity contribution in [3.8, 4) is 5.75 Å². The Hall–Kier alpha value is -1.06. The van der Waals surface area contributed by atoms with Crippen molar-refractivity contribution in [2.24, 2.45) is 5.84 Å². The lowest BCUT2D eigenvalue weighted by atomic mass is 10.2. The third-order valence-corrected chi connectivity index (χ3v) is 1.85. The van der Waals surface area contributed by atoms with Crippen LogP contribution in [0.25, 0.3) is 0 Å². The minimum absolute atomic E-state index is 0.295. The molecule has 1 aromatic rings. The Labute approximate surface area is 78.9 Å². The number of nitrogens with two attached hydrogens (primary N) is 1. The maximum atomic E-state index is 5.48. The largest absolute Gasteiger partial charge is 0.494 e. The van der Waals surface area contributed by atoms with Crippen LogP contribution in [0, 0.1) is 0 Å². The van der Waals surface area contributed by atoms with Crippen LogP contribution in [-0.4, -0.2) is 12.6 Å². The standard InChI is InChI=1S/C10H16N2O/c1-9(12-11)7-8-13-10-5-3-2-4-6-10/h2-6,9,12H,7-8,11H2,1H3. The average Bonchev–Trinajstić information content (AvgIpc) is 2.19. The van der Waals surface area contributed by atoms with Gasteiger partial charge in [-0.3, -0.25) is 11.3 Å². The van der Waals surface area contributed by atoms with Crippen molar-refractivity contribution in [2.75, 3.05) is 6.61 Å². The number of benzene rings is 1. The summed E-state index contributed by atoms with van der Waals surface area (Å²) >= 11 is 0. The quantitative estimate of drug-likeness (QED) is 0.530. The van der Waals surface area contributed by atoms with Gasteiger partial charge in [-0.25, -0.2) is 0 Å². The van der Waals surface area contributed by atoms with Gasteiger partial charge in [0.2, 0.25) is 0 Å². The van der Waals surface area contributed by atoms with Gasteiger partial charge in [-0.15, -0.1) is 0 Å². The molecular formula is C10H16N2O. The third kappa shape index (κ3) is 3.92. The summed E-state index contributed by atoms with van der Waals surface area (Å²) in [6.45, 7) is 2.71. The summed E-state index contributed by atoms with van der Waals surface area (Å²) < 4.78 is 5.48. The first-order valence-corrected chi connectivity index (χ1v) is 4.47. The number of para-hydroxylation sites is 1. The Morgan fingerprint density at radius 3 is 2.69 bits per heavy atom. The van der Waals surface area contributed by atoms with E-state index in [9.17, 15) is 0 Å². The van der Waals surface area contributed by atoms with Crippen LogP contribution in [0.4, 0.5) is 0 Å². The van der Waals surface area contributed by atoms with Gasteiger partial charge >= 0.3 is 0 Å². The molecule has 0 fully saturated rings. The van der Waals surface area contributed by atoms with E-state index < -0.39 is 0 Å².